The van der Waals surface area contributed by atoms with E-state index in [1.165, 1.54) is 11.1 Å². The lowest BCUT2D eigenvalue weighted by Crippen LogP contribution is -2.32. The molecule has 0 atom stereocenters. The summed E-state index contributed by atoms with van der Waals surface area (Å²) >= 11 is 0. The summed E-state index contributed by atoms with van der Waals surface area (Å²) in [6.45, 7) is 11.1. The van der Waals surface area contributed by atoms with Crippen LogP contribution in [0.4, 0.5) is 0 Å². The molecule has 1 aliphatic carbocycles. The first-order valence-electron chi connectivity index (χ1n) is 6.17. The Labute approximate surface area is 103 Å². The van der Waals surface area contributed by atoms with E-state index >= 15 is 0 Å². The molecule has 0 aliphatic heterocycles. The van der Waals surface area contributed by atoms with Gasteiger partial charge in [0.05, 0.1) is 0 Å². The molecule has 1 aromatic carbocycles. The highest BCUT2D eigenvalue weighted by molar-refractivity contribution is 5.50. The second kappa shape index (κ2) is 3.56. The molecular formula is C15H22O2. The smallest absolute Gasteiger partial charge is 0.178 e. The fourth-order valence-electron chi connectivity index (χ4n) is 3.12. The van der Waals surface area contributed by atoms with E-state index in [-0.39, 0.29) is 10.8 Å². The minimum Gasteiger partial charge on any atom is -0.364 e. The minimum absolute atomic E-state index is 0.0668. The first kappa shape index (κ1) is 12.6. The number of hydrogen-bond acceptors (Lipinski definition) is 2. The highest BCUT2D eigenvalue weighted by Crippen LogP contribution is 2.52. The number of aliphatic hydroxyl groups excluding tert-OH is 1. The Hall–Kier alpha value is -0.860. The molecule has 0 saturated carbocycles. The van der Waals surface area contributed by atoms with Crippen molar-refractivity contribution in [2.45, 2.75) is 52.7 Å². The Bertz CT molecular complexity index is 456. The molecule has 1 aliphatic rings. The Morgan fingerprint density at radius 3 is 2.24 bits per heavy atom. The number of aliphatic hydroxyl groups is 2. The summed E-state index contributed by atoms with van der Waals surface area (Å²) in [5.74, 6) is 0. The van der Waals surface area contributed by atoms with Crippen LogP contribution in [0, 0.1) is 12.3 Å². The largest absolute Gasteiger partial charge is 0.364 e. The van der Waals surface area contributed by atoms with Crippen molar-refractivity contribution in [3.05, 3.63) is 34.4 Å². The lowest BCUT2D eigenvalue weighted by Gasteiger charge is -2.36. The second-order valence-electron chi connectivity index (χ2n) is 6.37. The van der Waals surface area contributed by atoms with E-state index in [1.807, 2.05) is 19.1 Å². The first-order valence-corrected chi connectivity index (χ1v) is 6.17. The fraction of sp³-hybridized carbons (Fsp3) is 0.600. The van der Waals surface area contributed by atoms with Crippen molar-refractivity contribution in [3.63, 3.8) is 0 Å². The number of fused-ring (bicyclic) bond motifs is 1. The van der Waals surface area contributed by atoms with Crippen LogP contribution in [0.15, 0.2) is 12.1 Å². The quantitative estimate of drug-likeness (QED) is 0.734. The van der Waals surface area contributed by atoms with Crippen LogP contribution < -0.4 is 0 Å². The Morgan fingerprint density at radius 1 is 1.12 bits per heavy atom. The van der Waals surface area contributed by atoms with Gasteiger partial charge in [-0.1, -0.05) is 39.8 Å². The minimum atomic E-state index is -1.38. The van der Waals surface area contributed by atoms with Crippen LogP contribution in [0.1, 0.15) is 56.2 Å². The predicted molar refractivity (Wildman–Crippen MR) is 68.9 cm³/mol. The highest BCUT2D eigenvalue weighted by Gasteiger charge is 2.46. The van der Waals surface area contributed by atoms with Gasteiger partial charge in [-0.25, -0.2) is 0 Å². The van der Waals surface area contributed by atoms with Crippen molar-refractivity contribution in [3.8, 4) is 0 Å². The van der Waals surface area contributed by atoms with Gasteiger partial charge >= 0.3 is 0 Å². The van der Waals surface area contributed by atoms with Gasteiger partial charge in [-0.2, -0.15) is 0 Å². The summed E-state index contributed by atoms with van der Waals surface area (Å²) in [6.07, 6.45) is -0.322. The molecule has 2 rings (SSSR count). The van der Waals surface area contributed by atoms with Gasteiger partial charge in [0, 0.05) is 5.56 Å². The van der Waals surface area contributed by atoms with Crippen molar-refractivity contribution in [2.75, 3.05) is 0 Å². The van der Waals surface area contributed by atoms with E-state index in [4.69, 9.17) is 0 Å². The van der Waals surface area contributed by atoms with Crippen LogP contribution >= 0.6 is 0 Å². The second-order valence-corrected chi connectivity index (χ2v) is 6.37. The van der Waals surface area contributed by atoms with Crippen LogP contribution in [0.25, 0.3) is 0 Å². The normalized spacial score (nSPS) is 20.7. The summed E-state index contributed by atoms with van der Waals surface area (Å²) in [5, 5.41) is 18.8. The average molecular weight is 234 g/mol. The third-order valence-corrected chi connectivity index (χ3v) is 4.82. The van der Waals surface area contributed by atoms with Gasteiger partial charge < -0.3 is 10.2 Å². The van der Waals surface area contributed by atoms with Gasteiger partial charge in [0.2, 0.25) is 0 Å². The maximum absolute atomic E-state index is 9.39. The van der Waals surface area contributed by atoms with E-state index in [0.717, 1.165) is 12.0 Å². The molecule has 0 fully saturated rings. The molecule has 0 heterocycles. The van der Waals surface area contributed by atoms with E-state index in [0.29, 0.717) is 5.56 Å². The predicted octanol–water partition coefficient (Wildman–Crippen LogP) is 2.84. The van der Waals surface area contributed by atoms with Crippen LogP contribution in [-0.2, 0) is 11.8 Å². The summed E-state index contributed by atoms with van der Waals surface area (Å²) in [5.41, 5.74) is 4.59. The third kappa shape index (κ3) is 1.62. The average Bonchev–Trinajstić information content (AvgIpc) is 2.33. The zero-order chi connectivity index (χ0) is 13.0. The SMILES string of the molecule is Cc1c(C(O)O)ccc2c1C(C)(C)C(C)(C)C2. The Balaban J connectivity index is 2.67. The Kier molecular flexibility index (Phi) is 2.64. The monoisotopic (exact) mass is 234 g/mol. The molecule has 2 heteroatoms. The zero-order valence-corrected chi connectivity index (χ0v) is 11.3. The molecule has 94 valence electrons. The number of hydrogen-bond donors (Lipinski definition) is 2. The fourth-order valence-corrected chi connectivity index (χ4v) is 3.12. The molecule has 0 unspecified atom stereocenters. The molecule has 0 spiro atoms. The van der Waals surface area contributed by atoms with Crippen molar-refractivity contribution in [2.24, 2.45) is 5.41 Å². The highest BCUT2D eigenvalue weighted by atomic mass is 16.5. The number of rotatable bonds is 1. The molecule has 0 aromatic heterocycles. The van der Waals surface area contributed by atoms with Crippen molar-refractivity contribution in [1.29, 1.82) is 0 Å². The van der Waals surface area contributed by atoms with E-state index < -0.39 is 6.29 Å². The third-order valence-electron chi connectivity index (χ3n) is 4.82. The van der Waals surface area contributed by atoms with Crippen LogP contribution in [0.3, 0.4) is 0 Å². The summed E-state index contributed by atoms with van der Waals surface area (Å²) < 4.78 is 0. The molecule has 0 amide bonds. The lowest BCUT2D eigenvalue weighted by atomic mass is 9.67. The van der Waals surface area contributed by atoms with Crippen molar-refractivity contribution >= 4 is 0 Å². The molecule has 0 saturated heterocycles. The standard InChI is InChI=1S/C15H22O2/c1-9-11(13(16)17)7-6-10-8-14(2,3)15(4,5)12(9)10/h6-7,13,16-17H,8H2,1-5H3. The van der Waals surface area contributed by atoms with Crippen LogP contribution in [-0.4, -0.2) is 10.2 Å². The number of benzene rings is 1. The zero-order valence-electron chi connectivity index (χ0n) is 11.3. The molecule has 17 heavy (non-hydrogen) atoms. The van der Waals surface area contributed by atoms with Gasteiger partial charge in [-0.15, -0.1) is 0 Å². The first-order chi connectivity index (χ1) is 7.68. The molecule has 0 radical (unpaired) electrons. The Morgan fingerprint density at radius 2 is 1.71 bits per heavy atom. The molecule has 2 nitrogen and oxygen atoms in total. The van der Waals surface area contributed by atoms with Gasteiger partial charge in [-0.3, -0.25) is 0 Å². The lowest BCUT2D eigenvalue weighted by molar-refractivity contribution is -0.0430. The topological polar surface area (TPSA) is 40.5 Å². The van der Waals surface area contributed by atoms with Gasteiger partial charge in [0.25, 0.3) is 0 Å². The van der Waals surface area contributed by atoms with Gasteiger partial charge in [0.1, 0.15) is 0 Å². The van der Waals surface area contributed by atoms with E-state index in [2.05, 4.69) is 27.7 Å². The van der Waals surface area contributed by atoms with E-state index in [9.17, 15) is 10.2 Å². The van der Waals surface area contributed by atoms with Gasteiger partial charge in [0.15, 0.2) is 6.29 Å². The van der Waals surface area contributed by atoms with Crippen molar-refractivity contribution < 1.29 is 10.2 Å². The van der Waals surface area contributed by atoms with Crippen LogP contribution in [0.2, 0.25) is 0 Å². The maximum atomic E-state index is 9.39. The van der Waals surface area contributed by atoms with Crippen molar-refractivity contribution in [1.82, 2.24) is 0 Å². The van der Waals surface area contributed by atoms with Crippen LogP contribution in [0.5, 0.6) is 0 Å². The summed E-state index contributed by atoms with van der Waals surface area (Å²) in [7, 11) is 0. The molecule has 1 aromatic rings. The molecule has 2 N–H and O–H groups in total. The summed E-state index contributed by atoms with van der Waals surface area (Å²) in [4.78, 5) is 0. The maximum Gasteiger partial charge on any atom is 0.178 e. The molecular weight excluding hydrogens is 212 g/mol. The van der Waals surface area contributed by atoms with E-state index in [1.54, 1.807) is 0 Å². The van der Waals surface area contributed by atoms with Gasteiger partial charge in [-0.05, 0) is 40.9 Å². The summed E-state index contributed by atoms with van der Waals surface area (Å²) in [6, 6.07) is 3.89. The molecule has 0 bridgehead atoms.